The third kappa shape index (κ3) is 3.32. The van der Waals surface area contributed by atoms with E-state index < -0.39 is 0 Å². The van der Waals surface area contributed by atoms with Crippen LogP contribution in [0.3, 0.4) is 0 Å². The minimum absolute atomic E-state index is 0.0879. The smallest absolute Gasteiger partial charge is 0.200 e. The summed E-state index contributed by atoms with van der Waals surface area (Å²) in [7, 11) is 0. The van der Waals surface area contributed by atoms with Crippen LogP contribution in [0.25, 0.3) is 0 Å². The maximum Gasteiger partial charge on any atom is 0.200 e. The first-order valence-electron chi connectivity index (χ1n) is 9.84. The lowest BCUT2D eigenvalue weighted by Crippen LogP contribution is -2.56. The minimum atomic E-state index is 0.0879. The van der Waals surface area contributed by atoms with Gasteiger partial charge in [-0.25, -0.2) is 0 Å². The van der Waals surface area contributed by atoms with Crippen molar-refractivity contribution >= 4 is 0 Å². The third-order valence-corrected chi connectivity index (χ3v) is 6.14. The van der Waals surface area contributed by atoms with Crippen molar-refractivity contribution < 1.29 is 4.68 Å². The number of rotatable bonds is 3. The summed E-state index contributed by atoms with van der Waals surface area (Å²) < 4.78 is 2.30. The molecule has 142 valence electrons. The highest BCUT2D eigenvalue weighted by Gasteiger charge is 2.36. The van der Waals surface area contributed by atoms with E-state index in [0.717, 1.165) is 45.6 Å². The fourth-order valence-corrected chi connectivity index (χ4v) is 4.33. The molecule has 0 unspecified atom stereocenters. The van der Waals surface area contributed by atoms with Crippen LogP contribution >= 0.6 is 0 Å². The first kappa shape index (κ1) is 17.7. The zero-order valence-corrected chi connectivity index (χ0v) is 16.9. The van der Waals surface area contributed by atoms with Crippen LogP contribution in [0.4, 0.5) is 0 Å². The maximum absolute atomic E-state index is 4.21. The summed E-state index contributed by atoms with van der Waals surface area (Å²) in [6, 6.07) is 0. The van der Waals surface area contributed by atoms with E-state index in [1.54, 1.807) is 0 Å². The number of nitrogens with one attached hydrogen (secondary N) is 2. The molecule has 0 radical (unpaired) electrons. The number of aromatic amines is 2. The highest BCUT2D eigenvalue weighted by molar-refractivity contribution is 5.20. The van der Waals surface area contributed by atoms with E-state index in [0.29, 0.717) is 0 Å². The van der Waals surface area contributed by atoms with Gasteiger partial charge in [0, 0.05) is 38.1 Å². The first-order chi connectivity index (χ1) is 12.2. The van der Waals surface area contributed by atoms with Crippen molar-refractivity contribution in [3.8, 4) is 0 Å². The second-order valence-electron chi connectivity index (χ2n) is 9.57. The van der Waals surface area contributed by atoms with Gasteiger partial charge in [-0.15, -0.1) is 4.68 Å². The van der Waals surface area contributed by atoms with Crippen LogP contribution in [-0.2, 0) is 32.5 Å². The normalized spacial score (nSPS) is 19.4. The molecule has 0 saturated heterocycles. The zero-order valence-electron chi connectivity index (χ0n) is 16.9. The van der Waals surface area contributed by atoms with Gasteiger partial charge in [0.05, 0.1) is 28.7 Å². The van der Waals surface area contributed by atoms with E-state index in [1.807, 2.05) is 6.20 Å². The quantitative estimate of drug-likeness (QED) is 0.827. The Morgan fingerprint density at radius 3 is 2.54 bits per heavy atom. The first-order valence-corrected chi connectivity index (χ1v) is 9.84. The van der Waals surface area contributed by atoms with Crippen LogP contribution in [0.15, 0.2) is 12.4 Å². The lowest BCUT2D eigenvalue weighted by Gasteiger charge is -2.38. The van der Waals surface area contributed by atoms with Gasteiger partial charge in [-0.3, -0.25) is 14.9 Å². The fourth-order valence-electron chi connectivity index (χ4n) is 4.33. The Kier molecular flexibility index (Phi) is 4.23. The van der Waals surface area contributed by atoms with Crippen LogP contribution in [0.5, 0.6) is 0 Å². The lowest BCUT2D eigenvalue weighted by molar-refractivity contribution is -0.758. The van der Waals surface area contributed by atoms with Gasteiger partial charge in [-0.1, -0.05) is 0 Å². The fraction of sp³-hybridized carbons (Fsp3) is 0.700. The Morgan fingerprint density at radius 1 is 1.00 bits per heavy atom. The predicted octanol–water partition coefficient (Wildman–Crippen LogP) is 2.02. The minimum Gasteiger partial charge on any atom is -0.294 e. The van der Waals surface area contributed by atoms with E-state index >= 15 is 0 Å². The Balaban J connectivity index is 1.47. The molecule has 0 spiro atoms. The molecule has 2 aromatic heterocycles. The number of hydrogen-bond acceptors (Lipinski definition) is 3. The molecule has 0 aromatic carbocycles. The summed E-state index contributed by atoms with van der Waals surface area (Å²) in [6.07, 6.45) is 6.51. The van der Waals surface area contributed by atoms with Gasteiger partial charge >= 0.3 is 0 Å². The monoisotopic (exact) mass is 357 g/mol. The van der Waals surface area contributed by atoms with Crippen molar-refractivity contribution in [1.82, 2.24) is 25.1 Å². The molecule has 0 bridgehead atoms. The van der Waals surface area contributed by atoms with Crippen molar-refractivity contribution in [2.24, 2.45) is 0 Å². The van der Waals surface area contributed by atoms with Crippen molar-refractivity contribution in [3.05, 3.63) is 34.9 Å². The van der Waals surface area contributed by atoms with Gasteiger partial charge < -0.3 is 0 Å². The van der Waals surface area contributed by atoms with Gasteiger partial charge in [-0.2, -0.15) is 10.2 Å². The summed E-state index contributed by atoms with van der Waals surface area (Å²) in [6.45, 7) is 16.8. The average molecular weight is 358 g/mol. The van der Waals surface area contributed by atoms with Crippen LogP contribution in [0, 0.1) is 0 Å². The Labute approximate surface area is 156 Å². The van der Waals surface area contributed by atoms with Gasteiger partial charge in [-0.05, 0) is 46.6 Å². The molecule has 26 heavy (non-hydrogen) atoms. The van der Waals surface area contributed by atoms with E-state index in [1.165, 1.54) is 22.5 Å². The Hall–Kier alpha value is -1.66. The predicted molar refractivity (Wildman–Crippen MR) is 102 cm³/mol. The second kappa shape index (κ2) is 6.20. The topological polar surface area (TPSA) is 54.8 Å². The number of nitrogens with zero attached hydrogens (tertiary/aromatic N) is 4. The molecule has 0 amide bonds. The largest absolute Gasteiger partial charge is 0.294 e. The zero-order chi connectivity index (χ0) is 18.5. The molecule has 2 aromatic rings. The van der Waals surface area contributed by atoms with Crippen molar-refractivity contribution in [1.29, 1.82) is 0 Å². The molecule has 2 N–H and O–H groups in total. The summed E-state index contributed by atoms with van der Waals surface area (Å²) in [5, 5.41) is 11.0. The number of aromatic nitrogens is 4. The SMILES string of the molecule is CC(C)(C)N1CCc2[nH][n+](CC(C)(C)N3CCc4cn[nH]c4C3)cc2C1. The Morgan fingerprint density at radius 2 is 1.77 bits per heavy atom. The van der Waals surface area contributed by atoms with Crippen LogP contribution in [0.2, 0.25) is 0 Å². The van der Waals surface area contributed by atoms with Crippen molar-refractivity contribution in [3.63, 3.8) is 0 Å². The highest BCUT2D eigenvalue weighted by Crippen LogP contribution is 2.26. The molecular formula is C20H33N6+. The summed E-state index contributed by atoms with van der Waals surface area (Å²) in [5.41, 5.74) is 5.84. The lowest BCUT2D eigenvalue weighted by atomic mass is 9.97. The summed E-state index contributed by atoms with van der Waals surface area (Å²) in [4.78, 5) is 5.14. The van der Waals surface area contributed by atoms with Gasteiger partial charge in [0.25, 0.3) is 0 Å². The van der Waals surface area contributed by atoms with E-state index in [-0.39, 0.29) is 11.1 Å². The molecule has 6 heteroatoms. The molecule has 0 fully saturated rings. The van der Waals surface area contributed by atoms with E-state index in [9.17, 15) is 0 Å². The number of fused-ring (bicyclic) bond motifs is 2. The molecule has 6 nitrogen and oxygen atoms in total. The summed E-state index contributed by atoms with van der Waals surface area (Å²) >= 11 is 0. The van der Waals surface area contributed by atoms with Crippen LogP contribution < -0.4 is 4.68 Å². The highest BCUT2D eigenvalue weighted by atomic mass is 15.3. The van der Waals surface area contributed by atoms with E-state index in [4.69, 9.17) is 0 Å². The molecule has 0 atom stereocenters. The van der Waals surface area contributed by atoms with Crippen LogP contribution in [0.1, 0.15) is 57.1 Å². The Bertz CT molecular complexity index is 779. The molecule has 0 saturated carbocycles. The second-order valence-corrected chi connectivity index (χ2v) is 9.57. The summed E-state index contributed by atoms with van der Waals surface area (Å²) in [5.74, 6) is 0. The van der Waals surface area contributed by atoms with Gasteiger partial charge in [0.1, 0.15) is 0 Å². The van der Waals surface area contributed by atoms with Gasteiger partial charge in [0.2, 0.25) is 0 Å². The molecule has 2 aliphatic heterocycles. The molecule has 0 aliphatic carbocycles. The molecular weight excluding hydrogens is 324 g/mol. The molecule has 4 rings (SSSR count). The van der Waals surface area contributed by atoms with Gasteiger partial charge in [0.15, 0.2) is 12.7 Å². The van der Waals surface area contributed by atoms with Crippen molar-refractivity contribution in [2.75, 3.05) is 13.1 Å². The van der Waals surface area contributed by atoms with Crippen molar-refractivity contribution in [2.45, 2.75) is 78.2 Å². The average Bonchev–Trinajstić information content (AvgIpc) is 3.17. The molecule has 2 aliphatic rings. The number of hydrogen-bond donors (Lipinski definition) is 2. The van der Waals surface area contributed by atoms with Crippen LogP contribution in [-0.4, -0.2) is 49.3 Å². The standard InChI is InChI=1S/C20H32N6/c1-19(2,3)24-9-7-17-16(11-24)12-26(23-17)14-20(4,5)25-8-6-15-10-21-22-18(15)13-25/h10,12H,6-9,11,13-14H2,1-5H3,(H,21,22)/p+1. The number of H-pyrrole nitrogens is 2. The van der Waals surface area contributed by atoms with E-state index in [2.05, 4.69) is 70.6 Å². The molecule has 4 heterocycles. The third-order valence-electron chi connectivity index (χ3n) is 6.14. The maximum atomic E-state index is 4.21.